The third-order valence-electron chi connectivity index (χ3n) is 3.51. The van der Waals surface area contributed by atoms with E-state index in [1.54, 1.807) is 42.5 Å². The minimum atomic E-state index is -0.403. The van der Waals surface area contributed by atoms with Gasteiger partial charge in [-0.2, -0.15) is 0 Å². The number of carbonyl (C=O) groups is 2. The van der Waals surface area contributed by atoms with Crippen molar-refractivity contribution in [3.63, 3.8) is 0 Å². The van der Waals surface area contributed by atoms with E-state index in [1.807, 2.05) is 31.4 Å². The van der Waals surface area contributed by atoms with Crippen LogP contribution in [0.15, 0.2) is 41.8 Å². The van der Waals surface area contributed by atoms with Gasteiger partial charge in [-0.1, -0.05) is 6.07 Å². The molecule has 2 aromatic heterocycles. The summed E-state index contributed by atoms with van der Waals surface area (Å²) >= 11 is 2.87. The highest BCUT2D eigenvalue weighted by Gasteiger charge is 2.17. The molecule has 3 aromatic rings. The number of amides is 2. The zero-order chi connectivity index (χ0) is 19.4. The van der Waals surface area contributed by atoms with Crippen LogP contribution in [-0.4, -0.2) is 22.9 Å². The molecule has 0 saturated carbocycles. The summed E-state index contributed by atoms with van der Waals surface area (Å²) in [7, 11) is 0. The van der Waals surface area contributed by atoms with Crippen LogP contribution in [0, 0.1) is 6.92 Å². The number of benzene rings is 1. The van der Waals surface area contributed by atoms with Crippen LogP contribution in [0.5, 0.6) is 5.75 Å². The molecule has 0 aliphatic rings. The van der Waals surface area contributed by atoms with Crippen LogP contribution in [-0.2, 0) is 0 Å². The molecule has 3 rings (SSSR count). The first-order chi connectivity index (χ1) is 12.9. The van der Waals surface area contributed by atoms with E-state index in [1.165, 1.54) is 11.3 Å². The molecule has 1 aromatic carbocycles. The second-order valence-electron chi connectivity index (χ2n) is 6.01. The van der Waals surface area contributed by atoms with Crippen molar-refractivity contribution >= 4 is 34.5 Å². The summed E-state index contributed by atoms with van der Waals surface area (Å²) in [4.78, 5) is 30.5. The van der Waals surface area contributed by atoms with E-state index in [9.17, 15) is 9.59 Å². The molecule has 0 aliphatic carbocycles. The number of hydrogen-bond donors (Lipinski definition) is 2. The van der Waals surface area contributed by atoms with Crippen LogP contribution in [0.2, 0.25) is 0 Å². The zero-order valence-electron chi connectivity index (χ0n) is 15.1. The zero-order valence-corrected chi connectivity index (χ0v) is 16.7. The number of hydrogen-bond acceptors (Lipinski definition) is 6. The molecule has 140 valence electrons. The smallest absolute Gasteiger partial charge is 0.281 e. The molecule has 0 atom stereocenters. The molecule has 0 unspecified atom stereocenters. The Hall–Kier alpha value is -2.71. The minimum Gasteiger partial charge on any atom is -0.491 e. The van der Waals surface area contributed by atoms with Crippen LogP contribution in [0.4, 0.5) is 0 Å². The predicted molar refractivity (Wildman–Crippen MR) is 107 cm³/mol. The molecule has 0 fully saturated rings. The summed E-state index contributed by atoms with van der Waals surface area (Å²) in [5.74, 6) is -0.104. The average molecular weight is 402 g/mol. The van der Waals surface area contributed by atoms with Crippen molar-refractivity contribution in [1.29, 1.82) is 0 Å². The van der Waals surface area contributed by atoms with Gasteiger partial charge in [-0.3, -0.25) is 20.4 Å². The van der Waals surface area contributed by atoms with Crippen LogP contribution in [0.1, 0.15) is 39.6 Å². The quantitative estimate of drug-likeness (QED) is 0.632. The number of carbonyl (C=O) groups excluding carboxylic acids is 2. The van der Waals surface area contributed by atoms with Crippen molar-refractivity contribution in [2.75, 3.05) is 0 Å². The Labute approximate surface area is 165 Å². The third-order valence-corrected chi connectivity index (χ3v) is 5.71. The molecule has 27 heavy (non-hydrogen) atoms. The van der Waals surface area contributed by atoms with Gasteiger partial charge in [0.15, 0.2) is 0 Å². The fraction of sp³-hybridized carbons (Fsp3) is 0.211. The lowest BCUT2D eigenvalue weighted by molar-refractivity contribution is 0.0848. The molecule has 6 nitrogen and oxygen atoms in total. The van der Waals surface area contributed by atoms with Gasteiger partial charge < -0.3 is 4.74 Å². The molecule has 2 heterocycles. The first-order valence-electron chi connectivity index (χ1n) is 8.32. The van der Waals surface area contributed by atoms with Crippen LogP contribution in [0.25, 0.3) is 9.88 Å². The Morgan fingerprint density at radius 1 is 1.07 bits per heavy atom. The molecule has 2 N–H and O–H groups in total. The summed E-state index contributed by atoms with van der Waals surface area (Å²) in [6.07, 6.45) is 0.0608. The van der Waals surface area contributed by atoms with Crippen LogP contribution in [0.3, 0.4) is 0 Å². The average Bonchev–Trinajstić information content (AvgIpc) is 3.29. The summed E-state index contributed by atoms with van der Waals surface area (Å²) in [6.45, 7) is 5.64. The summed E-state index contributed by atoms with van der Waals surface area (Å²) in [5.41, 5.74) is 5.93. The van der Waals surface area contributed by atoms with Gasteiger partial charge in [0.1, 0.15) is 15.6 Å². The lowest BCUT2D eigenvalue weighted by Crippen LogP contribution is -2.41. The maximum Gasteiger partial charge on any atom is 0.281 e. The second kappa shape index (κ2) is 8.32. The molecule has 2 amide bonds. The van der Waals surface area contributed by atoms with E-state index in [4.69, 9.17) is 4.74 Å². The van der Waals surface area contributed by atoms with Crippen molar-refractivity contribution in [3.05, 3.63) is 57.9 Å². The fourth-order valence-electron chi connectivity index (χ4n) is 2.31. The Balaban J connectivity index is 1.61. The Kier molecular flexibility index (Phi) is 5.88. The van der Waals surface area contributed by atoms with Gasteiger partial charge in [0.05, 0.1) is 16.7 Å². The molecule has 0 saturated heterocycles. The first kappa shape index (κ1) is 19.1. The van der Waals surface area contributed by atoms with Crippen molar-refractivity contribution in [2.24, 2.45) is 0 Å². The largest absolute Gasteiger partial charge is 0.491 e. The van der Waals surface area contributed by atoms with E-state index in [2.05, 4.69) is 15.8 Å². The van der Waals surface area contributed by atoms with E-state index < -0.39 is 5.91 Å². The number of ether oxygens (including phenoxy) is 1. The fourth-order valence-corrected chi connectivity index (χ4v) is 4.07. The maximum atomic E-state index is 12.4. The third kappa shape index (κ3) is 4.72. The lowest BCUT2D eigenvalue weighted by Gasteiger charge is -2.10. The number of hydrazine groups is 1. The normalized spacial score (nSPS) is 10.7. The Bertz CT molecular complexity index is 932. The molecule has 0 radical (unpaired) electrons. The summed E-state index contributed by atoms with van der Waals surface area (Å²) < 4.78 is 5.54. The van der Waals surface area contributed by atoms with Crippen LogP contribution < -0.4 is 15.6 Å². The summed E-state index contributed by atoms with van der Waals surface area (Å²) in [6, 6.07) is 10.6. The van der Waals surface area contributed by atoms with Crippen molar-refractivity contribution in [3.8, 4) is 15.6 Å². The lowest BCUT2D eigenvalue weighted by atomic mass is 10.2. The minimum absolute atomic E-state index is 0.0608. The highest BCUT2D eigenvalue weighted by molar-refractivity contribution is 7.22. The second-order valence-corrected chi connectivity index (χ2v) is 7.96. The number of nitrogens with zero attached hydrogens (tertiary/aromatic N) is 1. The van der Waals surface area contributed by atoms with Crippen LogP contribution >= 0.6 is 22.7 Å². The predicted octanol–water partition coefficient (Wildman–Crippen LogP) is 4.04. The Morgan fingerprint density at radius 2 is 1.78 bits per heavy atom. The van der Waals surface area contributed by atoms with Crippen molar-refractivity contribution < 1.29 is 14.3 Å². The number of thiophene rings is 1. The molecule has 0 spiro atoms. The topological polar surface area (TPSA) is 80.3 Å². The highest BCUT2D eigenvalue weighted by atomic mass is 32.1. The monoisotopic (exact) mass is 401 g/mol. The van der Waals surface area contributed by atoms with Gasteiger partial charge in [-0.05, 0) is 56.5 Å². The molecular weight excluding hydrogens is 382 g/mol. The van der Waals surface area contributed by atoms with E-state index in [0.717, 1.165) is 9.88 Å². The number of rotatable bonds is 5. The SMILES string of the molecule is Cc1nc(-c2cccs2)sc1C(=O)NNC(=O)c1ccc(OC(C)C)cc1. The number of thiazole rings is 1. The standard InChI is InChI=1S/C19H19N3O3S2/c1-11(2)25-14-8-6-13(7-9-14)17(23)21-22-18(24)16-12(3)20-19(27-16)15-5-4-10-26-15/h4-11H,1-3H3,(H,21,23)(H,22,24). The van der Waals surface area contributed by atoms with E-state index in [-0.39, 0.29) is 12.0 Å². The van der Waals surface area contributed by atoms with Gasteiger partial charge >= 0.3 is 0 Å². The number of aromatic nitrogens is 1. The molecule has 0 bridgehead atoms. The van der Waals surface area contributed by atoms with Gasteiger partial charge in [0.25, 0.3) is 11.8 Å². The highest BCUT2D eigenvalue weighted by Crippen LogP contribution is 2.30. The maximum absolute atomic E-state index is 12.4. The molecular formula is C19H19N3O3S2. The van der Waals surface area contributed by atoms with E-state index in [0.29, 0.717) is 21.9 Å². The first-order valence-corrected chi connectivity index (χ1v) is 10.0. The van der Waals surface area contributed by atoms with Gasteiger partial charge in [-0.15, -0.1) is 22.7 Å². The Morgan fingerprint density at radius 3 is 2.41 bits per heavy atom. The number of nitrogens with one attached hydrogen (secondary N) is 2. The van der Waals surface area contributed by atoms with Crippen molar-refractivity contribution in [2.45, 2.75) is 26.9 Å². The van der Waals surface area contributed by atoms with Gasteiger partial charge in [-0.25, -0.2) is 4.98 Å². The van der Waals surface area contributed by atoms with Gasteiger partial charge in [0, 0.05) is 5.56 Å². The molecule has 0 aliphatic heterocycles. The summed E-state index contributed by atoms with van der Waals surface area (Å²) in [5, 5.41) is 2.75. The van der Waals surface area contributed by atoms with Crippen molar-refractivity contribution in [1.82, 2.24) is 15.8 Å². The number of aryl methyl sites for hydroxylation is 1. The van der Waals surface area contributed by atoms with E-state index >= 15 is 0 Å². The van der Waals surface area contributed by atoms with Gasteiger partial charge in [0.2, 0.25) is 0 Å². The molecule has 8 heteroatoms.